The second-order valence-corrected chi connectivity index (χ2v) is 6.48. The molecule has 0 aliphatic rings. The van der Waals surface area contributed by atoms with Gasteiger partial charge in [-0.25, -0.2) is 0 Å². The van der Waals surface area contributed by atoms with E-state index in [1.165, 1.54) is 0 Å². The summed E-state index contributed by atoms with van der Waals surface area (Å²) in [5.41, 5.74) is 2.66. The molecule has 5 nitrogen and oxygen atoms in total. The Labute approximate surface area is 170 Å². The summed E-state index contributed by atoms with van der Waals surface area (Å²) in [5.74, 6) is -0.473. The Morgan fingerprint density at radius 3 is 1.79 bits per heavy atom. The largest absolute Gasteiger partial charge is 0.362 e. The topological polar surface area (TPSA) is 58.6 Å². The van der Waals surface area contributed by atoms with Crippen LogP contribution in [0.1, 0.15) is 5.56 Å². The number of para-hydroxylation sites is 2. The summed E-state index contributed by atoms with van der Waals surface area (Å²) < 4.78 is 5.38. The number of benzene rings is 3. The Morgan fingerprint density at radius 1 is 0.724 bits per heavy atom. The summed E-state index contributed by atoms with van der Waals surface area (Å²) in [6.45, 7) is 0.189. The monoisotopic (exact) mass is 388 g/mol. The maximum absolute atomic E-state index is 12.8. The van der Waals surface area contributed by atoms with Crippen LogP contribution in [0.5, 0.6) is 0 Å². The molecule has 0 bridgehead atoms. The minimum Gasteiger partial charge on any atom is -0.362 e. The van der Waals surface area contributed by atoms with Crippen molar-refractivity contribution in [1.29, 1.82) is 0 Å². The van der Waals surface area contributed by atoms with Gasteiger partial charge in [-0.15, -0.1) is 0 Å². The molecule has 0 spiro atoms. The van der Waals surface area contributed by atoms with E-state index >= 15 is 0 Å². The molecule has 1 N–H and O–H groups in total. The molecule has 3 rings (SSSR count). The van der Waals surface area contributed by atoms with Gasteiger partial charge in [-0.2, -0.15) is 0 Å². The number of carbonyl (C=O) groups is 2. The molecule has 3 aromatic rings. The number of ether oxygens (including phenoxy) is 1. The molecule has 3 aromatic carbocycles. The molecule has 2 amide bonds. The number of rotatable bonds is 9. The molecular formula is C24H24N2O3. The van der Waals surface area contributed by atoms with Crippen molar-refractivity contribution in [2.45, 2.75) is 6.42 Å². The molecule has 29 heavy (non-hydrogen) atoms. The summed E-state index contributed by atoms with van der Waals surface area (Å²) in [5, 5.41) is 2.81. The van der Waals surface area contributed by atoms with E-state index in [-0.39, 0.29) is 25.0 Å². The average Bonchev–Trinajstić information content (AvgIpc) is 2.76. The number of hydrogen-bond acceptors (Lipinski definition) is 3. The third-order valence-electron chi connectivity index (χ3n) is 4.32. The normalized spacial score (nSPS) is 10.3. The zero-order chi connectivity index (χ0) is 20.3. The number of nitrogens with zero attached hydrogens (tertiary/aromatic N) is 1. The van der Waals surface area contributed by atoms with Crippen LogP contribution in [0.3, 0.4) is 0 Å². The average molecular weight is 388 g/mol. The summed E-state index contributed by atoms with van der Waals surface area (Å²) in [7, 11) is 0. The highest BCUT2D eigenvalue weighted by molar-refractivity contribution is 6.01. The van der Waals surface area contributed by atoms with Gasteiger partial charge in [-0.3, -0.25) is 14.5 Å². The highest BCUT2D eigenvalue weighted by Gasteiger charge is 2.18. The Hall–Kier alpha value is -3.44. The smallest absolute Gasteiger partial charge is 0.257 e. The summed E-state index contributed by atoms with van der Waals surface area (Å²) in [6, 6.07) is 28.7. The molecule has 0 fully saturated rings. The number of amides is 2. The van der Waals surface area contributed by atoms with Crippen LogP contribution in [-0.4, -0.2) is 31.6 Å². The number of anilines is 2. The van der Waals surface area contributed by atoms with E-state index in [9.17, 15) is 9.59 Å². The second kappa shape index (κ2) is 10.8. The van der Waals surface area contributed by atoms with Gasteiger partial charge in [0.2, 0.25) is 5.91 Å². The molecule has 0 heterocycles. The SMILES string of the molecule is O=C(COCC(=O)N(c1ccccc1)c1ccccc1)NCCc1ccccc1. The lowest BCUT2D eigenvalue weighted by molar-refractivity contribution is -0.129. The maximum atomic E-state index is 12.8. The van der Waals surface area contributed by atoms with Crippen molar-refractivity contribution in [3.8, 4) is 0 Å². The Kier molecular flexibility index (Phi) is 7.55. The molecule has 0 saturated heterocycles. The van der Waals surface area contributed by atoms with Gasteiger partial charge in [-0.05, 0) is 36.2 Å². The Morgan fingerprint density at radius 2 is 1.24 bits per heavy atom. The van der Waals surface area contributed by atoms with E-state index in [0.717, 1.165) is 23.4 Å². The fourth-order valence-corrected chi connectivity index (χ4v) is 2.93. The van der Waals surface area contributed by atoms with Gasteiger partial charge in [0.25, 0.3) is 5.91 Å². The molecule has 148 valence electrons. The van der Waals surface area contributed by atoms with Crippen molar-refractivity contribution in [2.24, 2.45) is 0 Å². The predicted octanol–water partition coefficient (Wildman–Crippen LogP) is 3.73. The van der Waals surface area contributed by atoms with Crippen LogP contribution < -0.4 is 10.2 Å². The van der Waals surface area contributed by atoms with Crippen molar-refractivity contribution in [1.82, 2.24) is 5.32 Å². The predicted molar refractivity (Wildman–Crippen MR) is 114 cm³/mol. The number of hydrogen-bond donors (Lipinski definition) is 1. The van der Waals surface area contributed by atoms with E-state index in [4.69, 9.17) is 4.74 Å². The second-order valence-electron chi connectivity index (χ2n) is 6.48. The van der Waals surface area contributed by atoms with E-state index < -0.39 is 0 Å². The lowest BCUT2D eigenvalue weighted by Gasteiger charge is -2.23. The first-order valence-corrected chi connectivity index (χ1v) is 9.55. The quantitative estimate of drug-likeness (QED) is 0.608. The minimum absolute atomic E-state index is 0.155. The standard InChI is InChI=1S/C24H24N2O3/c27-23(25-17-16-20-10-4-1-5-11-20)18-29-19-24(28)26(21-12-6-2-7-13-21)22-14-8-3-9-15-22/h1-15H,16-19H2,(H,25,27). The van der Waals surface area contributed by atoms with Crippen LogP contribution in [-0.2, 0) is 20.7 Å². The van der Waals surface area contributed by atoms with Crippen LogP contribution in [0.25, 0.3) is 0 Å². The van der Waals surface area contributed by atoms with Crippen molar-refractivity contribution in [3.63, 3.8) is 0 Å². The third-order valence-corrected chi connectivity index (χ3v) is 4.32. The zero-order valence-electron chi connectivity index (χ0n) is 16.2. The van der Waals surface area contributed by atoms with E-state index in [0.29, 0.717) is 6.54 Å². The Balaban J connectivity index is 1.49. The molecule has 5 heteroatoms. The van der Waals surface area contributed by atoms with Gasteiger partial charge in [0, 0.05) is 17.9 Å². The fourth-order valence-electron chi connectivity index (χ4n) is 2.93. The van der Waals surface area contributed by atoms with Crippen LogP contribution in [0.15, 0.2) is 91.0 Å². The highest BCUT2D eigenvalue weighted by Crippen LogP contribution is 2.24. The third kappa shape index (κ3) is 6.30. The highest BCUT2D eigenvalue weighted by atomic mass is 16.5. The van der Waals surface area contributed by atoms with Crippen molar-refractivity contribution < 1.29 is 14.3 Å². The zero-order valence-corrected chi connectivity index (χ0v) is 16.2. The molecule has 0 unspecified atom stereocenters. The molecule has 0 atom stereocenters. The van der Waals surface area contributed by atoms with E-state index in [2.05, 4.69) is 5.32 Å². The van der Waals surface area contributed by atoms with Crippen LogP contribution in [0, 0.1) is 0 Å². The summed E-state index contributed by atoms with van der Waals surface area (Å²) in [4.78, 5) is 26.3. The number of carbonyl (C=O) groups excluding carboxylic acids is 2. The van der Waals surface area contributed by atoms with Crippen LogP contribution >= 0.6 is 0 Å². The molecule has 0 aliphatic heterocycles. The summed E-state index contributed by atoms with van der Waals surface area (Å²) in [6.07, 6.45) is 0.751. The molecule has 0 aliphatic carbocycles. The van der Waals surface area contributed by atoms with Crippen LogP contribution in [0.2, 0.25) is 0 Å². The summed E-state index contributed by atoms with van der Waals surface area (Å²) >= 11 is 0. The van der Waals surface area contributed by atoms with Crippen molar-refractivity contribution >= 4 is 23.2 Å². The van der Waals surface area contributed by atoms with E-state index in [1.54, 1.807) is 4.90 Å². The first-order chi connectivity index (χ1) is 14.2. The van der Waals surface area contributed by atoms with Gasteiger partial charge in [0.15, 0.2) is 0 Å². The van der Waals surface area contributed by atoms with Crippen LogP contribution in [0.4, 0.5) is 11.4 Å². The number of nitrogens with one attached hydrogen (secondary N) is 1. The first-order valence-electron chi connectivity index (χ1n) is 9.55. The van der Waals surface area contributed by atoms with Gasteiger partial charge in [0.05, 0.1) is 0 Å². The minimum atomic E-state index is -0.237. The molecule has 0 radical (unpaired) electrons. The van der Waals surface area contributed by atoms with Gasteiger partial charge in [0.1, 0.15) is 13.2 Å². The van der Waals surface area contributed by atoms with Crippen molar-refractivity contribution in [3.05, 3.63) is 96.6 Å². The van der Waals surface area contributed by atoms with Gasteiger partial charge < -0.3 is 10.1 Å². The molecule has 0 aromatic heterocycles. The fraction of sp³-hybridized carbons (Fsp3) is 0.167. The van der Waals surface area contributed by atoms with Gasteiger partial charge >= 0.3 is 0 Å². The lowest BCUT2D eigenvalue weighted by Crippen LogP contribution is -2.33. The molecule has 0 saturated carbocycles. The van der Waals surface area contributed by atoms with E-state index in [1.807, 2.05) is 91.0 Å². The van der Waals surface area contributed by atoms with Gasteiger partial charge in [-0.1, -0.05) is 66.7 Å². The maximum Gasteiger partial charge on any atom is 0.257 e. The molecular weight excluding hydrogens is 364 g/mol. The Bertz CT molecular complexity index is 860. The first kappa shape index (κ1) is 20.3. The van der Waals surface area contributed by atoms with Crippen molar-refractivity contribution in [2.75, 3.05) is 24.7 Å². The lowest BCUT2D eigenvalue weighted by atomic mass is 10.1.